The van der Waals surface area contributed by atoms with E-state index in [1.54, 1.807) is 0 Å². The van der Waals surface area contributed by atoms with Gasteiger partial charge in [0.1, 0.15) is 16.4 Å². The van der Waals surface area contributed by atoms with E-state index in [1.807, 2.05) is 0 Å². The number of ether oxygens (including phenoxy) is 2. The molecule has 3 aliphatic heterocycles. The van der Waals surface area contributed by atoms with Gasteiger partial charge in [-0.1, -0.05) is 6.42 Å². The molecule has 10 heteroatoms. The second-order valence-electron chi connectivity index (χ2n) is 6.65. The summed E-state index contributed by atoms with van der Waals surface area (Å²) in [5.74, 6) is 0.266. The van der Waals surface area contributed by atoms with Gasteiger partial charge in [0.15, 0.2) is 6.61 Å². The van der Waals surface area contributed by atoms with E-state index < -0.39 is 10.0 Å². The number of methoxy groups -OCH3 is 1. The minimum atomic E-state index is -3.72. The number of hydrogen-bond acceptors (Lipinski definition) is 6. The molecule has 2 bridgehead atoms. The average molecular weight is 404 g/mol. The normalized spacial score (nSPS) is 25.3. The quantitative estimate of drug-likeness (QED) is 0.780. The van der Waals surface area contributed by atoms with Crippen LogP contribution in [0.4, 0.5) is 5.69 Å². The first-order valence-corrected chi connectivity index (χ1v) is 9.82. The summed E-state index contributed by atoms with van der Waals surface area (Å²) in [6.07, 6.45) is 3.10. The third kappa shape index (κ3) is 3.36. The minimum Gasteiger partial charge on any atom is -0.495 e. The van der Waals surface area contributed by atoms with Crippen molar-refractivity contribution in [3.05, 3.63) is 12.1 Å². The Balaban J connectivity index is 0.00000196. The number of piperazine rings is 1. The Hall–Kier alpha value is -1.55. The van der Waals surface area contributed by atoms with E-state index in [0.29, 0.717) is 24.5 Å². The number of halogens is 1. The molecule has 2 N–H and O–H groups in total. The van der Waals surface area contributed by atoms with Crippen LogP contribution in [-0.4, -0.2) is 57.5 Å². The van der Waals surface area contributed by atoms with Crippen LogP contribution in [0.15, 0.2) is 17.0 Å². The number of piperidine rings is 1. The van der Waals surface area contributed by atoms with Crippen molar-refractivity contribution in [2.45, 2.75) is 36.2 Å². The Morgan fingerprint density at radius 1 is 1.23 bits per heavy atom. The number of carbonyl (C=O) groups excluding carboxylic acids is 1. The van der Waals surface area contributed by atoms with Gasteiger partial charge >= 0.3 is 0 Å². The topological polar surface area (TPSA) is 97.0 Å². The summed E-state index contributed by atoms with van der Waals surface area (Å²) >= 11 is 0. The lowest BCUT2D eigenvalue weighted by Gasteiger charge is -2.41. The molecule has 4 rings (SSSR count). The Morgan fingerprint density at radius 3 is 2.58 bits per heavy atom. The molecule has 2 atom stereocenters. The summed E-state index contributed by atoms with van der Waals surface area (Å²) in [5.41, 5.74) is 0.421. The molecule has 0 aliphatic carbocycles. The van der Waals surface area contributed by atoms with Gasteiger partial charge < -0.3 is 20.1 Å². The van der Waals surface area contributed by atoms with Gasteiger partial charge in [0.2, 0.25) is 10.0 Å². The number of nitrogens with zero attached hydrogens (tertiary/aromatic N) is 1. The molecule has 2 fully saturated rings. The van der Waals surface area contributed by atoms with Crippen LogP contribution in [0.5, 0.6) is 11.5 Å². The van der Waals surface area contributed by atoms with Crippen LogP contribution in [0.3, 0.4) is 0 Å². The second kappa shape index (κ2) is 7.22. The van der Waals surface area contributed by atoms with Crippen LogP contribution < -0.4 is 20.1 Å². The molecular weight excluding hydrogens is 382 g/mol. The van der Waals surface area contributed by atoms with Crippen LogP contribution >= 0.6 is 12.4 Å². The highest BCUT2D eigenvalue weighted by atomic mass is 35.5. The van der Waals surface area contributed by atoms with Gasteiger partial charge in [-0.15, -0.1) is 12.4 Å². The smallest absolute Gasteiger partial charge is 0.262 e. The molecule has 0 radical (unpaired) electrons. The Morgan fingerprint density at radius 2 is 1.92 bits per heavy atom. The SMILES string of the molecule is COc1cc2c(cc1S(=O)(=O)N1CC3CCCC(C1)N3)OCC(=O)N2.Cl. The van der Waals surface area contributed by atoms with Crippen molar-refractivity contribution in [1.82, 2.24) is 9.62 Å². The van der Waals surface area contributed by atoms with Crippen molar-refractivity contribution in [2.75, 3.05) is 32.1 Å². The van der Waals surface area contributed by atoms with Crippen molar-refractivity contribution in [3.63, 3.8) is 0 Å². The summed E-state index contributed by atoms with van der Waals surface area (Å²) in [6.45, 7) is 0.782. The first-order chi connectivity index (χ1) is 12.0. The number of carbonyl (C=O) groups is 1. The average Bonchev–Trinajstić information content (AvgIpc) is 2.60. The van der Waals surface area contributed by atoms with Gasteiger partial charge in [-0.05, 0) is 12.8 Å². The zero-order valence-electron chi connectivity index (χ0n) is 14.4. The molecule has 3 aliphatic rings. The lowest BCUT2D eigenvalue weighted by Crippen LogP contribution is -2.59. The van der Waals surface area contributed by atoms with Crippen molar-refractivity contribution in [2.24, 2.45) is 0 Å². The molecule has 1 aromatic rings. The first kappa shape index (κ1) is 19.2. The number of rotatable bonds is 3. The van der Waals surface area contributed by atoms with Crippen molar-refractivity contribution < 1.29 is 22.7 Å². The number of amides is 1. The van der Waals surface area contributed by atoms with Crippen LogP contribution in [0.25, 0.3) is 0 Å². The fourth-order valence-corrected chi connectivity index (χ4v) is 5.43. The highest BCUT2D eigenvalue weighted by Crippen LogP contribution is 2.39. The van der Waals surface area contributed by atoms with Crippen molar-refractivity contribution in [1.29, 1.82) is 0 Å². The van der Waals surface area contributed by atoms with Crippen LogP contribution in [0.2, 0.25) is 0 Å². The maximum Gasteiger partial charge on any atom is 0.262 e. The Labute approximate surface area is 158 Å². The number of sulfonamides is 1. The zero-order valence-corrected chi connectivity index (χ0v) is 16.0. The summed E-state index contributed by atoms with van der Waals surface area (Å²) in [5, 5.41) is 6.14. The molecule has 0 saturated carbocycles. The van der Waals surface area contributed by atoms with E-state index in [9.17, 15) is 13.2 Å². The maximum absolute atomic E-state index is 13.2. The summed E-state index contributed by atoms with van der Waals surface area (Å²) in [4.78, 5) is 11.5. The van der Waals surface area contributed by atoms with Crippen molar-refractivity contribution >= 4 is 34.0 Å². The lowest BCUT2D eigenvalue weighted by molar-refractivity contribution is -0.118. The van der Waals surface area contributed by atoms with Crippen LogP contribution in [-0.2, 0) is 14.8 Å². The third-order valence-corrected chi connectivity index (χ3v) is 6.79. The molecule has 2 saturated heterocycles. The molecule has 26 heavy (non-hydrogen) atoms. The van der Waals surface area contributed by atoms with Crippen molar-refractivity contribution in [3.8, 4) is 11.5 Å². The molecule has 2 unspecified atom stereocenters. The summed E-state index contributed by atoms with van der Waals surface area (Å²) < 4.78 is 38.6. The maximum atomic E-state index is 13.2. The number of anilines is 1. The Bertz CT molecular complexity index is 804. The molecule has 8 nitrogen and oxygen atoms in total. The number of hydrogen-bond donors (Lipinski definition) is 2. The minimum absolute atomic E-state index is 0. The monoisotopic (exact) mass is 403 g/mol. The van der Waals surface area contributed by atoms with Crippen LogP contribution in [0.1, 0.15) is 19.3 Å². The highest BCUT2D eigenvalue weighted by Gasteiger charge is 2.38. The molecule has 3 heterocycles. The largest absolute Gasteiger partial charge is 0.495 e. The second-order valence-corrected chi connectivity index (χ2v) is 8.56. The zero-order chi connectivity index (χ0) is 17.6. The predicted octanol–water partition coefficient (Wildman–Crippen LogP) is 0.963. The van der Waals surface area contributed by atoms with Crippen LogP contribution in [0, 0.1) is 0 Å². The first-order valence-electron chi connectivity index (χ1n) is 8.38. The highest BCUT2D eigenvalue weighted by molar-refractivity contribution is 7.89. The molecular formula is C16H22ClN3O5S. The molecule has 144 valence electrons. The van der Waals surface area contributed by atoms with Gasteiger partial charge in [-0.3, -0.25) is 4.79 Å². The predicted molar refractivity (Wildman–Crippen MR) is 97.7 cm³/mol. The van der Waals surface area contributed by atoms with Gasteiger partial charge in [-0.2, -0.15) is 4.31 Å². The van der Waals surface area contributed by atoms with Gasteiger partial charge in [0, 0.05) is 37.3 Å². The molecule has 1 aromatic carbocycles. The fraction of sp³-hybridized carbons (Fsp3) is 0.562. The van der Waals surface area contributed by atoms with Gasteiger partial charge in [0.25, 0.3) is 5.91 Å². The third-order valence-electron chi connectivity index (χ3n) is 4.94. The van der Waals surface area contributed by atoms with E-state index in [4.69, 9.17) is 9.47 Å². The van der Waals surface area contributed by atoms with Gasteiger partial charge in [-0.25, -0.2) is 8.42 Å². The van der Waals surface area contributed by atoms with E-state index in [-0.39, 0.29) is 47.6 Å². The number of benzene rings is 1. The van der Waals surface area contributed by atoms with E-state index in [1.165, 1.54) is 23.5 Å². The standard InChI is InChI=1S/C16H21N3O5S.ClH/c1-23-14-5-12-13(24-9-16(20)18-12)6-15(14)25(21,22)19-7-10-3-2-4-11(8-19)17-10;/h5-6,10-11,17H,2-4,7-9H2,1H3,(H,18,20);1H. The van der Waals surface area contributed by atoms with E-state index in [0.717, 1.165) is 19.3 Å². The number of fused-ring (bicyclic) bond motifs is 3. The summed E-state index contributed by atoms with van der Waals surface area (Å²) in [7, 11) is -2.30. The van der Waals surface area contributed by atoms with Gasteiger partial charge in [0.05, 0.1) is 12.8 Å². The molecule has 0 spiro atoms. The van der Waals surface area contributed by atoms with E-state index in [2.05, 4.69) is 10.6 Å². The lowest BCUT2D eigenvalue weighted by atomic mass is 9.96. The summed E-state index contributed by atoms with van der Waals surface area (Å²) in [6, 6.07) is 3.34. The number of nitrogens with one attached hydrogen (secondary N) is 2. The Kier molecular flexibility index (Phi) is 5.34. The molecule has 0 aromatic heterocycles. The van der Waals surface area contributed by atoms with E-state index >= 15 is 0 Å². The fourth-order valence-electron chi connectivity index (χ4n) is 3.75. The molecule has 1 amide bonds.